The predicted octanol–water partition coefficient (Wildman–Crippen LogP) is 2.25. The molecular weight excluding hydrogens is 246 g/mol. The molecule has 1 aromatic carbocycles. The second-order valence-corrected chi connectivity index (χ2v) is 4.06. The zero-order valence-corrected chi connectivity index (χ0v) is 11.6. The molecule has 0 radical (unpaired) electrons. The highest BCUT2D eigenvalue weighted by molar-refractivity contribution is 5.95. The summed E-state index contributed by atoms with van der Waals surface area (Å²) in [5, 5.41) is 0. The standard InChI is InChI=1S/C14H21NO4/c1-4-17-9-10(3)19-11-6-7-13(15)12(8-11)14(16)18-5-2/h6-8,10H,4-5,9,15H2,1-3H3. The predicted molar refractivity (Wildman–Crippen MR) is 73.4 cm³/mol. The Morgan fingerprint density at radius 3 is 2.68 bits per heavy atom. The van der Waals surface area contributed by atoms with Crippen LogP contribution in [0.15, 0.2) is 18.2 Å². The van der Waals surface area contributed by atoms with Gasteiger partial charge in [-0.25, -0.2) is 4.79 Å². The molecule has 0 aliphatic heterocycles. The number of rotatable bonds is 7. The Bertz CT molecular complexity index is 420. The number of nitrogens with two attached hydrogens (primary N) is 1. The molecule has 106 valence electrons. The number of carbonyl (C=O) groups is 1. The molecule has 0 spiro atoms. The van der Waals surface area contributed by atoms with Crippen molar-refractivity contribution in [1.29, 1.82) is 0 Å². The maximum atomic E-state index is 11.7. The van der Waals surface area contributed by atoms with E-state index in [2.05, 4.69) is 0 Å². The lowest BCUT2D eigenvalue weighted by atomic mass is 10.1. The van der Waals surface area contributed by atoms with E-state index in [0.717, 1.165) is 0 Å². The van der Waals surface area contributed by atoms with Crippen LogP contribution in [-0.2, 0) is 9.47 Å². The second-order valence-electron chi connectivity index (χ2n) is 4.06. The van der Waals surface area contributed by atoms with Crippen molar-refractivity contribution < 1.29 is 19.0 Å². The van der Waals surface area contributed by atoms with Crippen LogP contribution in [0, 0.1) is 0 Å². The van der Waals surface area contributed by atoms with Crippen LogP contribution in [0.4, 0.5) is 5.69 Å². The SMILES string of the molecule is CCOCC(C)Oc1ccc(N)c(C(=O)OCC)c1. The minimum absolute atomic E-state index is 0.0985. The number of anilines is 1. The summed E-state index contributed by atoms with van der Waals surface area (Å²) in [7, 11) is 0. The minimum atomic E-state index is -0.442. The molecule has 5 nitrogen and oxygen atoms in total. The number of benzene rings is 1. The van der Waals surface area contributed by atoms with E-state index in [4.69, 9.17) is 19.9 Å². The Morgan fingerprint density at radius 1 is 1.32 bits per heavy atom. The first kappa shape index (κ1) is 15.3. The molecule has 0 aliphatic rings. The van der Waals surface area contributed by atoms with Crippen LogP contribution in [0.3, 0.4) is 0 Å². The van der Waals surface area contributed by atoms with Crippen molar-refractivity contribution in [2.45, 2.75) is 26.9 Å². The molecule has 0 fully saturated rings. The lowest BCUT2D eigenvalue weighted by Crippen LogP contribution is -2.19. The summed E-state index contributed by atoms with van der Waals surface area (Å²) in [6, 6.07) is 4.95. The Labute approximate surface area is 113 Å². The molecule has 1 atom stereocenters. The van der Waals surface area contributed by atoms with E-state index in [1.165, 1.54) is 0 Å². The molecule has 0 heterocycles. The molecule has 1 unspecified atom stereocenters. The molecule has 0 aliphatic carbocycles. The molecule has 0 amide bonds. The summed E-state index contributed by atoms with van der Waals surface area (Å²) < 4.78 is 15.9. The van der Waals surface area contributed by atoms with Crippen LogP contribution in [-0.4, -0.2) is 31.9 Å². The zero-order chi connectivity index (χ0) is 14.3. The van der Waals surface area contributed by atoms with Crippen molar-refractivity contribution in [3.8, 4) is 5.75 Å². The molecule has 1 aromatic rings. The van der Waals surface area contributed by atoms with E-state index >= 15 is 0 Å². The van der Waals surface area contributed by atoms with Crippen LogP contribution in [0.1, 0.15) is 31.1 Å². The lowest BCUT2D eigenvalue weighted by Gasteiger charge is -2.15. The van der Waals surface area contributed by atoms with Gasteiger partial charge in [-0.15, -0.1) is 0 Å². The minimum Gasteiger partial charge on any atom is -0.488 e. The maximum Gasteiger partial charge on any atom is 0.340 e. The molecule has 0 saturated carbocycles. The molecular formula is C14H21NO4. The van der Waals surface area contributed by atoms with Gasteiger partial charge in [0.2, 0.25) is 0 Å². The molecule has 0 saturated heterocycles. The van der Waals surface area contributed by atoms with Crippen molar-refractivity contribution in [3.63, 3.8) is 0 Å². The first-order valence-corrected chi connectivity index (χ1v) is 6.39. The fourth-order valence-corrected chi connectivity index (χ4v) is 1.54. The van der Waals surface area contributed by atoms with Crippen molar-refractivity contribution in [2.75, 3.05) is 25.6 Å². The lowest BCUT2D eigenvalue weighted by molar-refractivity contribution is 0.0524. The molecule has 1 rings (SSSR count). The molecule has 0 bridgehead atoms. The van der Waals surface area contributed by atoms with Gasteiger partial charge < -0.3 is 19.9 Å². The summed E-state index contributed by atoms with van der Waals surface area (Å²) in [4.78, 5) is 11.7. The Balaban J connectivity index is 2.75. The highest BCUT2D eigenvalue weighted by Crippen LogP contribution is 2.21. The van der Waals surface area contributed by atoms with Crippen LogP contribution >= 0.6 is 0 Å². The summed E-state index contributed by atoms with van der Waals surface area (Å²) >= 11 is 0. The van der Waals surface area contributed by atoms with Crippen LogP contribution in [0.2, 0.25) is 0 Å². The number of ether oxygens (including phenoxy) is 3. The van der Waals surface area contributed by atoms with Crippen LogP contribution < -0.4 is 10.5 Å². The third-order valence-electron chi connectivity index (χ3n) is 2.41. The number of esters is 1. The van der Waals surface area contributed by atoms with Gasteiger partial charge in [0.05, 0.1) is 18.8 Å². The van der Waals surface area contributed by atoms with Gasteiger partial charge in [-0.05, 0) is 39.0 Å². The van der Waals surface area contributed by atoms with Gasteiger partial charge in [-0.3, -0.25) is 0 Å². The summed E-state index contributed by atoms with van der Waals surface area (Å²) in [5.74, 6) is 0.132. The smallest absolute Gasteiger partial charge is 0.340 e. The zero-order valence-electron chi connectivity index (χ0n) is 11.6. The van der Waals surface area contributed by atoms with E-state index in [1.807, 2.05) is 13.8 Å². The van der Waals surface area contributed by atoms with Gasteiger partial charge in [0.15, 0.2) is 0 Å². The van der Waals surface area contributed by atoms with E-state index in [9.17, 15) is 4.79 Å². The topological polar surface area (TPSA) is 70.8 Å². The van der Waals surface area contributed by atoms with Gasteiger partial charge in [0, 0.05) is 12.3 Å². The first-order valence-electron chi connectivity index (χ1n) is 6.39. The average Bonchev–Trinajstić information content (AvgIpc) is 2.39. The van der Waals surface area contributed by atoms with E-state index in [1.54, 1.807) is 25.1 Å². The second kappa shape index (κ2) is 7.63. The molecule has 5 heteroatoms. The summed E-state index contributed by atoms with van der Waals surface area (Å²) in [6.45, 7) is 7.02. The summed E-state index contributed by atoms with van der Waals surface area (Å²) in [5.41, 5.74) is 6.45. The van der Waals surface area contributed by atoms with E-state index < -0.39 is 5.97 Å². The highest BCUT2D eigenvalue weighted by Gasteiger charge is 2.13. The van der Waals surface area contributed by atoms with E-state index in [0.29, 0.717) is 36.8 Å². The van der Waals surface area contributed by atoms with Gasteiger partial charge in [-0.2, -0.15) is 0 Å². The van der Waals surface area contributed by atoms with Gasteiger partial charge >= 0.3 is 5.97 Å². The molecule has 19 heavy (non-hydrogen) atoms. The third kappa shape index (κ3) is 4.79. The van der Waals surface area contributed by atoms with E-state index in [-0.39, 0.29) is 6.10 Å². The number of hydrogen-bond donors (Lipinski definition) is 1. The Hall–Kier alpha value is -1.75. The van der Waals surface area contributed by atoms with Crippen molar-refractivity contribution in [2.24, 2.45) is 0 Å². The Kier molecular flexibility index (Phi) is 6.15. The number of hydrogen-bond acceptors (Lipinski definition) is 5. The maximum absolute atomic E-state index is 11.7. The quantitative estimate of drug-likeness (QED) is 0.606. The molecule has 2 N–H and O–H groups in total. The van der Waals surface area contributed by atoms with Crippen LogP contribution in [0.25, 0.3) is 0 Å². The van der Waals surface area contributed by atoms with Crippen molar-refractivity contribution >= 4 is 11.7 Å². The normalized spacial score (nSPS) is 11.9. The Morgan fingerprint density at radius 2 is 2.05 bits per heavy atom. The van der Waals surface area contributed by atoms with Gasteiger partial charge in [0.25, 0.3) is 0 Å². The van der Waals surface area contributed by atoms with Crippen LogP contribution in [0.5, 0.6) is 5.75 Å². The highest BCUT2D eigenvalue weighted by atomic mass is 16.5. The summed E-state index contributed by atoms with van der Waals surface area (Å²) in [6.07, 6.45) is -0.0985. The monoisotopic (exact) mass is 267 g/mol. The number of carbonyl (C=O) groups excluding carboxylic acids is 1. The number of nitrogen functional groups attached to an aromatic ring is 1. The fraction of sp³-hybridized carbons (Fsp3) is 0.500. The third-order valence-corrected chi connectivity index (χ3v) is 2.41. The first-order chi connectivity index (χ1) is 9.08. The largest absolute Gasteiger partial charge is 0.488 e. The average molecular weight is 267 g/mol. The van der Waals surface area contributed by atoms with Crippen molar-refractivity contribution in [3.05, 3.63) is 23.8 Å². The van der Waals surface area contributed by atoms with Crippen molar-refractivity contribution in [1.82, 2.24) is 0 Å². The molecule has 0 aromatic heterocycles. The van der Waals surface area contributed by atoms with Gasteiger partial charge in [-0.1, -0.05) is 0 Å². The van der Waals surface area contributed by atoms with Gasteiger partial charge in [0.1, 0.15) is 11.9 Å². The fourth-order valence-electron chi connectivity index (χ4n) is 1.54.